The van der Waals surface area contributed by atoms with Crippen LogP contribution in [0, 0.1) is 25.7 Å². The lowest BCUT2D eigenvalue weighted by Gasteiger charge is -2.34. The third-order valence-electron chi connectivity index (χ3n) is 4.22. The van der Waals surface area contributed by atoms with E-state index in [1.165, 1.54) is 13.8 Å². The maximum atomic E-state index is 12.2. The lowest BCUT2D eigenvalue weighted by molar-refractivity contribution is -0.152. The third kappa shape index (κ3) is 5.04. The average molecular weight is 387 g/mol. The van der Waals surface area contributed by atoms with Gasteiger partial charge in [0.25, 0.3) is 5.91 Å². The van der Waals surface area contributed by atoms with Gasteiger partial charge in [-0.3, -0.25) is 9.59 Å². The molecular weight excluding hydrogens is 362 g/mol. The number of rotatable bonds is 6. The molecule has 9 nitrogen and oxygen atoms in total. The molecule has 1 saturated heterocycles. The number of ether oxygens (including phenoxy) is 1. The zero-order valence-corrected chi connectivity index (χ0v) is 16.3. The van der Waals surface area contributed by atoms with Crippen molar-refractivity contribution in [1.29, 1.82) is 0 Å². The molecule has 1 aliphatic heterocycles. The van der Waals surface area contributed by atoms with Gasteiger partial charge in [-0.2, -0.15) is 4.72 Å². The predicted molar refractivity (Wildman–Crippen MR) is 91.6 cm³/mol. The minimum atomic E-state index is -3.95. The average Bonchev–Trinajstić information content (AvgIpc) is 2.89. The lowest BCUT2D eigenvalue weighted by Crippen LogP contribution is -2.44. The molecule has 0 bridgehead atoms. The normalized spacial score (nSPS) is 20.8. The summed E-state index contributed by atoms with van der Waals surface area (Å²) in [6, 6.07) is 0. The molecule has 1 aliphatic rings. The summed E-state index contributed by atoms with van der Waals surface area (Å²) in [7, 11) is -3.95. The standard InChI is InChI=1S/C16H25N3O6S/c1-10-5-11(2)8-19(7-10)14(20)9-24-15(21)6-17-26(22,23)16-12(3)18-25-13(16)4/h10-11,17H,5-9H2,1-4H3/t10-,11-/m1/s1. The number of aryl methyl sites for hydroxylation is 2. The summed E-state index contributed by atoms with van der Waals surface area (Å²) < 4.78 is 36.3. The number of likely N-dealkylation sites (tertiary alicyclic amines) is 1. The Morgan fingerprint density at radius 3 is 2.42 bits per heavy atom. The molecule has 1 aromatic heterocycles. The summed E-state index contributed by atoms with van der Waals surface area (Å²) in [4.78, 5) is 25.5. The van der Waals surface area contributed by atoms with Crippen LogP contribution in [0.25, 0.3) is 0 Å². The van der Waals surface area contributed by atoms with E-state index < -0.39 is 29.1 Å². The Labute approximate surface area is 153 Å². The Kier molecular flexibility index (Phi) is 6.40. The number of esters is 1. The van der Waals surface area contributed by atoms with E-state index in [-0.39, 0.29) is 22.3 Å². The Bertz CT molecular complexity index is 743. The second-order valence-corrected chi connectivity index (χ2v) is 8.59. The number of carbonyl (C=O) groups excluding carboxylic acids is 2. The first-order valence-corrected chi connectivity index (χ1v) is 9.94. The van der Waals surface area contributed by atoms with Crippen molar-refractivity contribution in [1.82, 2.24) is 14.8 Å². The van der Waals surface area contributed by atoms with Gasteiger partial charge in [-0.15, -0.1) is 0 Å². The molecule has 1 aromatic rings. The molecule has 0 aromatic carbocycles. The van der Waals surface area contributed by atoms with E-state index in [9.17, 15) is 18.0 Å². The van der Waals surface area contributed by atoms with Crippen molar-refractivity contribution < 1.29 is 27.3 Å². The van der Waals surface area contributed by atoms with Gasteiger partial charge in [-0.25, -0.2) is 8.42 Å². The first-order chi connectivity index (χ1) is 12.1. The van der Waals surface area contributed by atoms with E-state index in [1.807, 2.05) is 0 Å². The molecule has 26 heavy (non-hydrogen) atoms. The number of hydrogen-bond donors (Lipinski definition) is 1. The highest BCUT2D eigenvalue weighted by Crippen LogP contribution is 2.21. The van der Waals surface area contributed by atoms with Crippen LogP contribution >= 0.6 is 0 Å². The van der Waals surface area contributed by atoms with Gasteiger partial charge >= 0.3 is 5.97 Å². The summed E-state index contributed by atoms with van der Waals surface area (Å²) >= 11 is 0. The van der Waals surface area contributed by atoms with Crippen molar-refractivity contribution >= 4 is 21.9 Å². The van der Waals surface area contributed by atoms with Gasteiger partial charge in [0.2, 0.25) is 10.0 Å². The van der Waals surface area contributed by atoms with Crippen molar-refractivity contribution in [2.45, 2.75) is 39.0 Å². The molecule has 0 radical (unpaired) electrons. The minimum Gasteiger partial charge on any atom is -0.455 e. The van der Waals surface area contributed by atoms with Gasteiger partial charge in [0.1, 0.15) is 17.1 Å². The quantitative estimate of drug-likeness (QED) is 0.711. The first-order valence-electron chi connectivity index (χ1n) is 8.46. The number of carbonyl (C=O) groups is 2. The Hall–Kier alpha value is -1.94. The molecule has 10 heteroatoms. The van der Waals surface area contributed by atoms with Crippen LogP contribution in [0.1, 0.15) is 31.7 Å². The van der Waals surface area contributed by atoms with Crippen LogP contribution in [0.2, 0.25) is 0 Å². The molecule has 0 saturated carbocycles. The van der Waals surface area contributed by atoms with Crippen molar-refractivity contribution in [2.75, 3.05) is 26.2 Å². The van der Waals surface area contributed by atoms with Gasteiger partial charge in [-0.05, 0) is 32.1 Å². The Morgan fingerprint density at radius 1 is 1.27 bits per heavy atom. The number of nitrogens with zero attached hydrogens (tertiary/aromatic N) is 2. The van der Waals surface area contributed by atoms with E-state index in [1.54, 1.807) is 4.90 Å². The number of sulfonamides is 1. The molecule has 2 heterocycles. The summed E-state index contributed by atoms with van der Waals surface area (Å²) in [5, 5.41) is 3.57. The van der Waals surface area contributed by atoms with Crippen LogP contribution in [-0.2, 0) is 24.3 Å². The first kappa shape index (κ1) is 20.4. The Balaban J connectivity index is 1.83. The zero-order chi connectivity index (χ0) is 19.5. The fourth-order valence-corrected chi connectivity index (χ4v) is 4.53. The van der Waals surface area contributed by atoms with Gasteiger partial charge in [0.15, 0.2) is 12.4 Å². The van der Waals surface area contributed by atoms with Crippen LogP contribution in [0.5, 0.6) is 0 Å². The summed E-state index contributed by atoms with van der Waals surface area (Å²) in [5.41, 5.74) is 0.201. The largest absolute Gasteiger partial charge is 0.455 e. The van der Waals surface area contributed by atoms with E-state index >= 15 is 0 Å². The topological polar surface area (TPSA) is 119 Å². The number of aromatic nitrogens is 1. The third-order valence-corrected chi connectivity index (χ3v) is 5.87. The summed E-state index contributed by atoms with van der Waals surface area (Å²) in [6.07, 6.45) is 1.06. The van der Waals surface area contributed by atoms with Crippen LogP contribution < -0.4 is 4.72 Å². The SMILES string of the molecule is Cc1noc(C)c1S(=O)(=O)NCC(=O)OCC(=O)N1C[C@H](C)C[C@@H](C)C1. The molecule has 0 aliphatic carbocycles. The maximum absolute atomic E-state index is 12.2. The molecule has 1 fully saturated rings. The molecule has 146 valence electrons. The molecule has 1 amide bonds. The maximum Gasteiger partial charge on any atom is 0.321 e. The second kappa shape index (κ2) is 8.17. The van der Waals surface area contributed by atoms with Gasteiger partial charge in [0, 0.05) is 13.1 Å². The number of amides is 1. The molecule has 0 unspecified atom stereocenters. The van der Waals surface area contributed by atoms with E-state index in [4.69, 9.17) is 9.26 Å². The van der Waals surface area contributed by atoms with Gasteiger partial charge in [0.05, 0.1) is 0 Å². The van der Waals surface area contributed by atoms with Crippen LogP contribution in [-0.4, -0.2) is 56.6 Å². The van der Waals surface area contributed by atoms with Crippen molar-refractivity contribution in [3.8, 4) is 0 Å². The highest BCUT2D eigenvalue weighted by molar-refractivity contribution is 7.89. The second-order valence-electron chi connectivity index (χ2n) is 6.88. The molecule has 1 N–H and O–H groups in total. The number of nitrogens with one attached hydrogen (secondary N) is 1. The van der Waals surface area contributed by atoms with Crippen LogP contribution in [0.3, 0.4) is 0 Å². The zero-order valence-electron chi connectivity index (χ0n) is 15.4. The van der Waals surface area contributed by atoms with Gasteiger partial charge in [-0.1, -0.05) is 19.0 Å². The van der Waals surface area contributed by atoms with Crippen LogP contribution in [0.15, 0.2) is 9.42 Å². The molecule has 2 rings (SSSR count). The highest BCUT2D eigenvalue weighted by atomic mass is 32.2. The smallest absolute Gasteiger partial charge is 0.321 e. The van der Waals surface area contributed by atoms with E-state index in [0.29, 0.717) is 24.9 Å². The van der Waals surface area contributed by atoms with Crippen molar-refractivity contribution in [2.24, 2.45) is 11.8 Å². The predicted octanol–water partition coefficient (Wildman–Crippen LogP) is 0.617. The Morgan fingerprint density at radius 2 is 1.88 bits per heavy atom. The molecule has 2 atom stereocenters. The fraction of sp³-hybridized carbons (Fsp3) is 0.688. The molecular formula is C16H25N3O6S. The van der Waals surface area contributed by atoms with Gasteiger partial charge < -0.3 is 14.2 Å². The van der Waals surface area contributed by atoms with Crippen molar-refractivity contribution in [3.05, 3.63) is 11.5 Å². The summed E-state index contributed by atoms with van der Waals surface area (Å²) in [6.45, 7) is 7.41. The van der Waals surface area contributed by atoms with E-state index in [0.717, 1.165) is 6.42 Å². The van der Waals surface area contributed by atoms with E-state index in [2.05, 4.69) is 23.7 Å². The fourth-order valence-electron chi connectivity index (χ4n) is 3.24. The highest BCUT2D eigenvalue weighted by Gasteiger charge is 2.27. The lowest BCUT2D eigenvalue weighted by atomic mass is 9.92. The monoisotopic (exact) mass is 387 g/mol. The summed E-state index contributed by atoms with van der Waals surface area (Å²) in [5.74, 6) is -0.162. The minimum absolute atomic E-state index is 0.0994. The number of hydrogen-bond acceptors (Lipinski definition) is 7. The van der Waals surface area contributed by atoms with Crippen molar-refractivity contribution in [3.63, 3.8) is 0 Å². The number of piperidine rings is 1. The van der Waals surface area contributed by atoms with Crippen LogP contribution in [0.4, 0.5) is 0 Å². The molecule has 0 spiro atoms.